The molecule has 0 bridgehead atoms. The van der Waals surface area contributed by atoms with Crippen LogP contribution in [0.3, 0.4) is 0 Å². The van der Waals surface area contributed by atoms with Crippen molar-refractivity contribution in [1.29, 1.82) is 0 Å². The molecular formula is C13H25N3O. The summed E-state index contributed by atoms with van der Waals surface area (Å²) in [5.74, 6) is 0.844. The quantitative estimate of drug-likeness (QED) is 0.765. The monoisotopic (exact) mass is 239 g/mol. The second-order valence-corrected chi connectivity index (χ2v) is 5.23. The maximum Gasteiger partial charge on any atom is 0.317 e. The van der Waals surface area contributed by atoms with E-state index >= 15 is 0 Å². The molecule has 17 heavy (non-hydrogen) atoms. The average molecular weight is 239 g/mol. The molecule has 0 radical (unpaired) electrons. The lowest BCUT2D eigenvalue weighted by atomic mass is 9.83. The number of carbonyl (C=O) groups is 1. The Morgan fingerprint density at radius 3 is 2.94 bits per heavy atom. The van der Waals surface area contributed by atoms with E-state index < -0.39 is 0 Å². The average Bonchev–Trinajstić information content (AvgIpc) is 2.76. The lowest BCUT2D eigenvalue weighted by molar-refractivity contribution is 0.212. The zero-order chi connectivity index (χ0) is 12.1. The molecule has 2 fully saturated rings. The highest BCUT2D eigenvalue weighted by Gasteiger charge is 2.24. The van der Waals surface area contributed by atoms with Gasteiger partial charge in [-0.15, -0.1) is 0 Å². The van der Waals surface area contributed by atoms with Crippen LogP contribution in [0.2, 0.25) is 0 Å². The van der Waals surface area contributed by atoms with E-state index in [-0.39, 0.29) is 6.03 Å². The molecule has 1 saturated heterocycles. The van der Waals surface area contributed by atoms with Crippen LogP contribution in [0.25, 0.3) is 0 Å². The first-order valence-corrected chi connectivity index (χ1v) is 7.07. The number of hydrogen-bond donors (Lipinski definition) is 2. The van der Waals surface area contributed by atoms with Crippen LogP contribution in [-0.4, -0.2) is 43.2 Å². The first-order chi connectivity index (χ1) is 8.31. The van der Waals surface area contributed by atoms with Gasteiger partial charge in [-0.1, -0.05) is 26.2 Å². The molecule has 2 unspecified atom stereocenters. The minimum Gasteiger partial charge on any atom is -0.336 e. The molecule has 2 N–H and O–H groups in total. The van der Waals surface area contributed by atoms with Crippen LogP contribution >= 0.6 is 0 Å². The van der Waals surface area contributed by atoms with Gasteiger partial charge in [0.25, 0.3) is 0 Å². The second kappa shape index (κ2) is 6.24. The molecule has 4 heteroatoms. The summed E-state index contributed by atoms with van der Waals surface area (Å²) < 4.78 is 0. The number of urea groups is 1. The van der Waals surface area contributed by atoms with Gasteiger partial charge in [-0.3, -0.25) is 0 Å². The normalized spacial score (nSPS) is 29.5. The van der Waals surface area contributed by atoms with E-state index in [2.05, 4.69) is 17.6 Å². The van der Waals surface area contributed by atoms with Crippen LogP contribution < -0.4 is 10.6 Å². The molecule has 1 heterocycles. The van der Waals surface area contributed by atoms with Crippen LogP contribution in [0, 0.1) is 5.92 Å². The number of amides is 2. The molecule has 0 aromatic heterocycles. The van der Waals surface area contributed by atoms with Crippen LogP contribution in [-0.2, 0) is 0 Å². The predicted molar refractivity (Wildman–Crippen MR) is 69.0 cm³/mol. The van der Waals surface area contributed by atoms with Gasteiger partial charge in [-0.05, 0) is 18.8 Å². The molecule has 98 valence electrons. The van der Waals surface area contributed by atoms with Gasteiger partial charge in [0.2, 0.25) is 0 Å². The van der Waals surface area contributed by atoms with Crippen molar-refractivity contribution < 1.29 is 4.79 Å². The third kappa shape index (κ3) is 3.35. The summed E-state index contributed by atoms with van der Waals surface area (Å²) in [4.78, 5) is 13.3. The van der Waals surface area contributed by atoms with Gasteiger partial charge in [-0.2, -0.15) is 0 Å². The summed E-state index contributed by atoms with van der Waals surface area (Å²) >= 11 is 0. The minimum absolute atomic E-state index is 0.0995. The number of nitrogens with zero attached hydrogens (tertiary/aromatic N) is 1. The van der Waals surface area contributed by atoms with E-state index in [0.717, 1.165) is 32.1 Å². The van der Waals surface area contributed by atoms with Crippen molar-refractivity contribution in [3.63, 3.8) is 0 Å². The fraction of sp³-hybridized carbons (Fsp3) is 0.923. The van der Waals surface area contributed by atoms with Gasteiger partial charge in [0.1, 0.15) is 0 Å². The fourth-order valence-corrected chi connectivity index (χ4v) is 3.07. The van der Waals surface area contributed by atoms with Gasteiger partial charge < -0.3 is 15.5 Å². The third-order valence-corrected chi connectivity index (χ3v) is 4.17. The molecule has 2 aliphatic rings. The summed E-state index contributed by atoms with van der Waals surface area (Å²) in [6, 6.07) is 0.780. The Labute approximate surface area is 104 Å². The molecule has 1 aliphatic heterocycles. The van der Waals surface area contributed by atoms with Crippen molar-refractivity contribution in [1.82, 2.24) is 15.5 Å². The smallest absolute Gasteiger partial charge is 0.317 e. The van der Waals surface area contributed by atoms with E-state index in [1.54, 1.807) is 0 Å². The molecule has 0 aromatic carbocycles. The molecule has 4 nitrogen and oxygen atoms in total. The Balaban J connectivity index is 1.68. The topological polar surface area (TPSA) is 44.4 Å². The zero-order valence-corrected chi connectivity index (χ0v) is 10.9. The van der Waals surface area contributed by atoms with Crippen LogP contribution in [0.4, 0.5) is 4.79 Å². The van der Waals surface area contributed by atoms with Crippen molar-refractivity contribution in [2.45, 2.75) is 45.1 Å². The Bertz CT molecular complexity index is 257. The Hall–Kier alpha value is -0.770. The van der Waals surface area contributed by atoms with Crippen LogP contribution in [0.5, 0.6) is 0 Å². The van der Waals surface area contributed by atoms with Crippen LogP contribution in [0.1, 0.15) is 39.0 Å². The van der Waals surface area contributed by atoms with Crippen molar-refractivity contribution in [2.24, 2.45) is 5.92 Å². The van der Waals surface area contributed by atoms with E-state index in [0.29, 0.717) is 6.04 Å². The van der Waals surface area contributed by atoms with Crippen molar-refractivity contribution in [3.8, 4) is 0 Å². The third-order valence-electron chi connectivity index (χ3n) is 4.17. The first-order valence-electron chi connectivity index (χ1n) is 7.07. The molecule has 1 saturated carbocycles. The molecule has 1 aliphatic carbocycles. The van der Waals surface area contributed by atoms with Gasteiger partial charge >= 0.3 is 6.03 Å². The van der Waals surface area contributed by atoms with Crippen molar-refractivity contribution >= 4 is 6.03 Å². The number of hydrogen-bond acceptors (Lipinski definition) is 2. The fourth-order valence-electron chi connectivity index (χ4n) is 3.07. The Kier molecular flexibility index (Phi) is 4.66. The van der Waals surface area contributed by atoms with E-state index in [1.165, 1.54) is 32.1 Å². The predicted octanol–water partition coefficient (Wildman–Crippen LogP) is 1.57. The maximum absolute atomic E-state index is 11.4. The van der Waals surface area contributed by atoms with E-state index in [9.17, 15) is 4.79 Å². The SMILES string of the molecule is CCC1CCCCC1NCCN1CCNC1=O. The molecule has 2 rings (SSSR count). The highest BCUT2D eigenvalue weighted by Crippen LogP contribution is 2.26. The summed E-state index contributed by atoms with van der Waals surface area (Å²) in [6.45, 7) is 5.74. The lowest BCUT2D eigenvalue weighted by Gasteiger charge is -2.32. The van der Waals surface area contributed by atoms with Gasteiger partial charge in [0.15, 0.2) is 0 Å². The van der Waals surface area contributed by atoms with Gasteiger partial charge in [0.05, 0.1) is 0 Å². The van der Waals surface area contributed by atoms with Crippen LogP contribution in [0.15, 0.2) is 0 Å². The summed E-state index contributed by atoms with van der Waals surface area (Å²) in [6.07, 6.45) is 6.72. The maximum atomic E-state index is 11.4. The van der Waals surface area contributed by atoms with Crippen molar-refractivity contribution in [2.75, 3.05) is 26.2 Å². The molecule has 0 spiro atoms. The molecule has 2 amide bonds. The second-order valence-electron chi connectivity index (χ2n) is 5.23. The van der Waals surface area contributed by atoms with Gasteiger partial charge in [0, 0.05) is 32.2 Å². The number of rotatable bonds is 5. The zero-order valence-electron chi connectivity index (χ0n) is 10.9. The Morgan fingerprint density at radius 1 is 1.41 bits per heavy atom. The number of carbonyl (C=O) groups excluding carboxylic acids is 1. The summed E-state index contributed by atoms with van der Waals surface area (Å²) in [7, 11) is 0. The molecular weight excluding hydrogens is 214 g/mol. The number of nitrogens with one attached hydrogen (secondary N) is 2. The Morgan fingerprint density at radius 2 is 2.24 bits per heavy atom. The minimum atomic E-state index is 0.0995. The molecule has 2 atom stereocenters. The summed E-state index contributed by atoms with van der Waals surface area (Å²) in [5, 5.41) is 6.49. The van der Waals surface area contributed by atoms with E-state index in [4.69, 9.17) is 0 Å². The molecule has 0 aromatic rings. The largest absolute Gasteiger partial charge is 0.336 e. The van der Waals surface area contributed by atoms with Crippen molar-refractivity contribution in [3.05, 3.63) is 0 Å². The van der Waals surface area contributed by atoms with Gasteiger partial charge in [-0.25, -0.2) is 4.79 Å². The first kappa shape index (κ1) is 12.7. The lowest BCUT2D eigenvalue weighted by Crippen LogP contribution is -2.43. The van der Waals surface area contributed by atoms with E-state index in [1.807, 2.05) is 4.90 Å². The standard InChI is InChI=1S/C13H25N3O/c1-2-11-5-3-4-6-12(11)14-7-9-16-10-8-15-13(16)17/h11-12,14H,2-10H2,1H3,(H,15,17). The highest BCUT2D eigenvalue weighted by molar-refractivity contribution is 5.76. The summed E-state index contributed by atoms with van der Waals surface area (Å²) in [5.41, 5.74) is 0. The highest BCUT2D eigenvalue weighted by atomic mass is 16.2.